The average Bonchev–Trinajstić information content (AvgIpc) is 2.38. The van der Waals surface area contributed by atoms with Crippen LogP contribution in [0, 0.1) is 5.41 Å². The van der Waals surface area contributed by atoms with Gasteiger partial charge >= 0.3 is 0 Å². The first-order valence-corrected chi connectivity index (χ1v) is 9.32. The van der Waals surface area contributed by atoms with Crippen molar-refractivity contribution >= 4 is 16.8 Å². The van der Waals surface area contributed by atoms with Crippen LogP contribution in [0.5, 0.6) is 0 Å². The van der Waals surface area contributed by atoms with Crippen molar-refractivity contribution in [3.63, 3.8) is 0 Å². The predicted molar refractivity (Wildman–Crippen MR) is 93.3 cm³/mol. The van der Waals surface area contributed by atoms with E-state index in [0.717, 1.165) is 5.96 Å². The lowest BCUT2D eigenvalue weighted by molar-refractivity contribution is 0.216. The quantitative estimate of drug-likeness (QED) is 0.619. The zero-order valence-corrected chi connectivity index (χ0v) is 15.4. The Balaban J connectivity index is 2.32. The summed E-state index contributed by atoms with van der Waals surface area (Å²) in [6.07, 6.45) is 4.91. The third kappa shape index (κ3) is 6.81. The Bertz CT molecular complexity index is 375. The molecule has 1 fully saturated rings. The van der Waals surface area contributed by atoms with E-state index in [9.17, 15) is 4.21 Å². The fourth-order valence-electron chi connectivity index (χ4n) is 2.50. The maximum Gasteiger partial charge on any atom is 0.191 e. The molecule has 2 N–H and O–H groups in total. The van der Waals surface area contributed by atoms with Gasteiger partial charge < -0.3 is 10.6 Å². The van der Waals surface area contributed by atoms with Gasteiger partial charge in [0.2, 0.25) is 0 Å². The monoisotopic (exact) mass is 315 g/mol. The van der Waals surface area contributed by atoms with Crippen molar-refractivity contribution in [3.05, 3.63) is 0 Å². The molecule has 0 aromatic rings. The third-order valence-corrected chi connectivity index (χ3v) is 6.11. The Morgan fingerprint density at radius 1 is 1.29 bits per heavy atom. The normalized spacial score (nSPS) is 21.9. The van der Waals surface area contributed by atoms with Crippen LogP contribution in [0.1, 0.15) is 60.3 Å². The molecule has 0 bridgehead atoms. The number of rotatable bonds is 4. The highest BCUT2D eigenvalue weighted by Crippen LogP contribution is 2.34. The Labute approximate surface area is 133 Å². The van der Waals surface area contributed by atoms with Gasteiger partial charge in [0.15, 0.2) is 5.96 Å². The maximum atomic E-state index is 12.0. The van der Waals surface area contributed by atoms with Crippen LogP contribution in [0.25, 0.3) is 0 Å². The van der Waals surface area contributed by atoms with Crippen molar-refractivity contribution in [1.29, 1.82) is 0 Å². The molecule has 21 heavy (non-hydrogen) atoms. The summed E-state index contributed by atoms with van der Waals surface area (Å²) in [4.78, 5) is 4.27. The Morgan fingerprint density at radius 2 is 1.86 bits per heavy atom. The Hall–Kier alpha value is -0.580. The number of guanidine groups is 1. The smallest absolute Gasteiger partial charge is 0.191 e. The van der Waals surface area contributed by atoms with Crippen LogP contribution in [0.2, 0.25) is 0 Å². The van der Waals surface area contributed by atoms with E-state index in [1.165, 1.54) is 25.7 Å². The Kier molecular flexibility index (Phi) is 6.70. The van der Waals surface area contributed by atoms with Crippen molar-refractivity contribution in [2.75, 3.05) is 19.3 Å². The highest BCUT2D eigenvalue weighted by Gasteiger charge is 2.27. The van der Waals surface area contributed by atoms with Crippen molar-refractivity contribution < 1.29 is 4.21 Å². The average molecular weight is 316 g/mol. The molecule has 1 aliphatic rings. The van der Waals surface area contributed by atoms with Crippen molar-refractivity contribution in [1.82, 2.24) is 10.6 Å². The summed E-state index contributed by atoms with van der Waals surface area (Å²) >= 11 is 0. The number of hydrogen-bond donors (Lipinski definition) is 2. The third-order valence-electron chi connectivity index (χ3n) is 4.17. The second-order valence-corrected chi connectivity index (χ2v) is 10.1. The summed E-state index contributed by atoms with van der Waals surface area (Å²) in [6, 6.07) is 0.511. The lowest BCUT2D eigenvalue weighted by Gasteiger charge is -2.35. The first-order chi connectivity index (χ1) is 9.64. The molecular weight excluding hydrogens is 282 g/mol. The summed E-state index contributed by atoms with van der Waals surface area (Å²) in [7, 11) is 0.976. The summed E-state index contributed by atoms with van der Waals surface area (Å²) in [5.74, 6) is 1.49. The highest BCUT2D eigenvalue weighted by atomic mass is 32.2. The van der Waals surface area contributed by atoms with Gasteiger partial charge in [-0.15, -0.1) is 0 Å². The van der Waals surface area contributed by atoms with Crippen molar-refractivity contribution in [2.45, 2.75) is 71.1 Å². The molecule has 1 rings (SSSR count). The van der Waals surface area contributed by atoms with Crippen LogP contribution in [-0.4, -0.2) is 40.3 Å². The standard InChI is InChI=1S/C16H33N3OS/c1-15(2,3)21(20)12-11-18-14(17-6)19-13-7-9-16(4,5)10-8-13/h13H,7-12H2,1-6H3,(H2,17,18,19). The summed E-state index contributed by atoms with van der Waals surface area (Å²) in [5.41, 5.74) is 0.485. The molecule has 5 heteroatoms. The van der Waals surface area contributed by atoms with Gasteiger partial charge in [-0.3, -0.25) is 9.20 Å². The summed E-state index contributed by atoms with van der Waals surface area (Å²) in [5, 5.41) is 6.78. The molecule has 0 heterocycles. The van der Waals surface area contributed by atoms with E-state index in [1.807, 2.05) is 20.8 Å². The maximum absolute atomic E-state index is 12.0. The minimum absolute atomic E-state index is 0.145. The first kappa shape index (κ1) is 18.5. The lowest BCUT2D eigenvalue weighted by atomic mass is 9.75. The van der Waals surface area contributed by atoms with Crippen LogP contribution in [0.3, 0.4) is 0 Å². The molecule has 1 aliphatic carbocycles. The van der Waals surface area contributed by atoms with Crippen LogP contribution >= 0.6 is 0 Å². The van der Waals surface area contributed by atoms with Gasteiger partial charge in [0.1, 0.15) is 0 Å². The molecule has 0 spiro atoms. The second kappa shape index (κ2) is 7.61. The second-order valence-electron chi connectivity index (χ2n) is 7.74. The number of hydrogen-bond acceptors (Lipinski definition) is 2. The van der Waals surface area contributed by atoms with Gasteiger partial charge in [0.25, 0.3) is 0 Å². The summed E-state index contributed by atoms with van der Waals surface area (Å²) < 4.78 is 11.9. The van der Waals surface area contributed by atoms with E-state index in [2.05, 4.69) is 29.5 Å². The molecule has 1 saturated carbocycles. The van der Waals surface area contributed by atoms with E-state index in [-0.39, 0.29) is 4.75 Å². The zero-order valence-electron chi connectivity index (χ0n) is 14.6. The molecular formula is C16H33N3OS. The van der Waals surface area contributed by atoms with Gasteiger partial charge in [0.05, 0.1) is 0 Å². The van der Waals surface area contributed by atoms with E-state index in [1.54, 1.807) is 7.05 Å². The van der Waals surface area contributed by atoms with E-state index in [0.29, 0.717) is 23.8 Å². The fraction of sp³-hybridized carbons (Fsp3) is 0.938. The lowest BCUT2D eigenvalue weighted by Crippen LogP contribution is -2.46. The molecule has 0 saturated heterocycles. The van der Waals surface area contributed by atoms with Crippen LogP contribution in [-0.2, 0) is 10.8 Å². The van der Waals surface area contributed by atoms with Gasteiger partial charge in [-0.25, -0.2) is 0 Å². The van der Waals surface area contributed by atoms with Crippen LogP contribution in [0.4, 0.5) is 0 Å². The summed E-state index contributed by atoms with van der Waals surface area (Å²) in [6.45, 7) is 11.4. The number of nitrogens with zero attached hydrogens (tertiary/aromatic N) is 1. The van der Waals surface area contributed by atoms with Crippen molar-refractivity contribution in [2.24, 2.45) is 10.4 Å². The number of nitrogens with one attached hydrogen (secondary N) is 2. The highest BCUT2D eigenvalue weighted by molar-refractivity contribution is 7.86. The molecule has 0 aromatic carbocycles. The topological polar surface area (TPSA) is 53.5 Å². The van der Waals surface area contributed by atoms with E-state index >= 15 is 0 Å². The van der Waals surface area contributed by atoms with E-state index in [4.69, 9.17) is 0 Å². The molecule has 0 aromatic heterocycles. The van der Waals surface area contributed by atoms with Crippen LogP contribution in [0.15, 0.2) is 4.99 Å². The van der Waals surface area contributed by atoms with Gasteiger partial charge in [-0.2, -0.15) is 0 Å². The molecule has 124 valence electrons. The van der Waals surface area contributed by atoms with Crippen LogP contribution < -0.4 is 10.6 Å². The first-order valence-electron chi connectivity index (χ1n) is 8.00. The minimum Gasteiger partial charge on any atom is -0.355 e. The predicted octanol–water partition coefficient (Wildman–Crippen LogP) is 2.67. The molecule has 0 amide bonds. The SMILES string of the molecule is CN=C(NCCS(=O)C(C)(C)C)NC1CCC(C)(C)CC1. The van der Waals surface area contributed by atoms with Gasteiger partial charge in [-0.1, -0.05) is 13.8 Å². The fourth-order valence-corrected chi connectivity index (χ4v) is 3.40. The zero-order chi connectivity index (χ0) is 16.1. The minimum atomic E-state index is -0.818. The van der Waals surface area contributed by atoms with Gasteiger partial charge in [0, 0.05) is 40.9 Å². The molecule has 0 radical (unpaired) electrons. The molecule has 1 unspecified atom stereocenters. The van der Waals surface area contributed by atoms with Gasteiger partial charge in [-0.05, 0) is 51.9 Å². The largest absolute Gasteiger partial charge is 0.355 e. The van der Waals surface area contributed by atoms with E-state index < -0.39 is 10.8 Å². The molecule has 1 atom stereocenters. The molecule has 4 nitrogen and oxygen atoms in total. The molecule has 0 aliphatic heterocycles. The van der Waals surface area contributed by atoms with Crippen molar-refractivity contribution in [3.8, 4) is 0 Å². The number of aliphatic imine (C=N–C) groups is 1. The Morgan fingerprint density at radius 3 is 2.33 bits per heavy atom.